The van der Waals surface area contributed by atoms with E-state index in [2.05, 4.69) is 169 Å². The van der Waals surface area contributed by atoms with Gasteiger partial charge in [0.1, 0.15) is 0 Å². The van der Waals surface area contributed by atoms with Crippen LogP contribution in [0.5, 0.6) is 0 Å². The molecule has 19 heteroatoms. The summed E-state index contributed by atoms with van der Waals surface area (Å²) in [5.41, 5.74) is 2.35. The summed E-state index contributed by atoms with van der Waals surface area (Å²) in [7, 11) is -24.8. The van der Waals surface area contributed by atoms with Gasteiger partial charge in [0.15, 0.2) is 8.32 Å². The van der Waals surface area contributed by atoms with Crippen molar-refractivity contribution in [3.63, 3.8) is 0 Å². The van der Waals surface area contributed by atoms with Crippen molar-refractivity contribution in [2.24, 2.45) is 0 Å². The van der Waals surface area contributed by atoms with Crippen LogP contribution >= 0.6 is 0 Å². The Morgan fingerprint density at radius 3 is 0.918 bits per heavy atom. The van der Waals surface area contributed by atoms with E-state index in [9.17, 15) is 0 Å². The van der Waals surface area contributed by atoms with Crippen LogP contribution in [0.4, 0.5) is 0 Å². The van der Waals surface area contributed by atoms with Crippen molar-refractivity contribution < 1.29 is 37.0 Å². The maximum absolute atomic E-state index is 6.90. The summed E-state index contributed by atoms with van der Waals surface area (Å²) < 4.78 is 60.7. The van der Waals surface area contributed by atoms with E-state index < -0.39 is 85.1 Å². The van der Waals surface area contributed by atoms with E-state index in [4.69, 9.17) is 37.0 Å². The summed E-state index contributed by atoms with van der Waals surface area (Å²) in [4.78, 5) is 0. The van der Waals surface area contributed by atoms with Crippen LogP contribution in [-0.2, 0) is 37.0 Å². The molecule has 0 unspecified atom stereocenters. The van der Waals surface area contributed by atoms with Crippen molar-refractivity contribution in [3.05, 3.63) is 35.9 Å². The third-order valence-corrected chi connectivity index (χ3v) is 44.3. The molecule has 286 valence electrons. The van der Waals surface area contributed by atoms with Crippen molar-refractivity contribution in [2.75, 3.05) is 0 Å². The van der Waals surface area contributed by atoms with E-state index in [1.54, 1.807) is 0 Å². The molecule has 1 aromatic rings. The van der Waals surface area contributed by atoms with Crippen molar-refractivity contribution in [1.29, 1.82) is 0 Å². The van der Waals surface area contributed by atoms with Crippen LogP contribution in [0.3, 0.4) is 0 Å². The highest BCUT2D eigenvalue weighted by Crippen LogP contribution is 2.30. The number of aryl methyl sites for hydroxylation is 1. The molecule has 0 radical (unpaired) electrons. The molecule has 0 bridgehead atoms. The first-order valence-corrected chi connectivity index (χ1v) is 46.2. The molecule has 0 aliphatic carbocycles. The second-order valence-corrected chi connectivity index (χ2v) is 55.6. The Bertz CT molecular complexity index is 1280. The minimum absolute atomic E-state index is 1.15. The Balaban J connectivity index is 2.95. The molecule has 0 N–H and O–H groups in total. The van der Waals surface area contributed by atoms with Gasteiger partial charge in [-0.3, -0.25) is 0 Å². The van der Waals surface area contributed by atoms with E-state index in [1.165, 1.54) is 10.8 Å². The summed E-state index contributed by atoms with van der Waals surface area (Å²) >= 11 is 0. The Hall–Kier alpha value is 0.769. The predicted octanol–water partition coefficient (Wildman–Crippen LogP) is 9.65. The van der Waals surface area contributed by atoms with Gasteiger partial charge in [-0.25, -0.2) is 0 Å². The van der Waals surface area contributed by atoms with Gasteiger partial charge in [0.25, 0.3) is 0 Å². The fraction of sp³-hybridized carbons (Fsp3) is 0.733. The Labute approximate surface area is 312 Å². The van der Waals surface area contributed by atoms with Crippen LogP contribution < -0.4 is 5.19 Å². The quantitative estimate of drug-likeness (QED) is 0.119. The molecule has 1 aromatic carbocycles. The van der Waals surface area contributed by atoms with Crippen molar-refractivity contribution in [1.82, 2.24) is 0 Å². The smallest absolute Gasteiger partial charge is 0.314 e. The van der Waals surface area contributed by atoms with Crippen LogP contribution in [0.1, 0.15) is 11.1 Å². The van der Waals surface area contributed by atoms with Crippen LogP contribution in [0.15, 0.2) is 24.8 Å². The molecule has 0 fully saturated rings. The summed E-state index contributed by atoms with van der Waals surface area (Å²) in [6.45, 7) is 50.6. The lowest BCUT2D eigenvalue weighted by Crippen LogP contribution is -2.62. The van der Waals surface area contributed by atoms with Gasteiger partial charge < -0.3 is 37.0 Å². The summed E-state index contributed by atoms with van der Waals surface area (Å²) in [5, 5.41) is 1.24. The molecule has 9 nitrogen and oxygen atoms in total. The van der Waals surface area contributed by atoms with Crippen LogP contribution in [0.25, 0.3) is 6.08 Å². The first-order valence-electron chi connectivity index (χ1n) is 17.4. The Morgan fingerprint density at radius 1 is 0.408 bits per heavy atom. The monoisotopic (exact) mass is 856 g/mol. The van der Waals surface area contributed by atoms with E-state index in [-0.39, 0.29) is 0 Å². The third kappa shape index (κ3) is 18.6. The van der Waals surface area contributed by atoms with Crippen LogP contribution in [0, 0.1) is 6.92 Å². The number of hydrogen-bond donors (Lipinski definition) is 0. The number of benzene rings is 1. The van der Waals surface area contributed by atoms with E-state index in [0.717, 1.165) is 5.56 Å². The molecule has 0 aliphatic rings. The van der Waals surface area contributed by atoms with Gasteiger partial charge in [-0.05, 0) is 161 Å². The molecule has 0 atom stereocenters. The topological polar surface area (TPSA) is 83.1 Å². The largest absolute Gasteiger partial charge is 0.437 e. The van der Waals surface area contributed by atoms with Gasteiger partial charge in [0.05, 0.1) is 0 Å². The normalized spacial score (nSPS) is 15.1. The average molecular weight is 858 g/mol. The van der Waals surface area contributed by atoms with Gasteiger partial charge in [-0.15, -0.1) is 0 Å². The zero-order valence-electron chi connectivity index (χ0n) is 35.2. The van der Waals surface area contributed by atoms with E-state index >= 15 is 0 Å². The molecule has 49 heavy (non-hydrogen) atoms. The fourth-order valence-corrected chi connectivity index (χ4v) is 56.8. The molecule has 0 saturated carbocycles. The lowest BCUT2D eigenvalue weighted by atomic mass is 10.1. The molecule has 0 aromatic heterocycles. The highest BCUT2D eigenvalue weighted by molar-refractivity contribution is 6.95. The number of rotatable bonds is 20. The zero-order chi connectivity index (χ0) is 38.9. The molecule has 1 rings (SSSR count). The highest BCUT2D eigenvalue weighted by atomic mass is 28.5. The van der Waals surface area contributed by atoms with Gasteiger partial charge in [-0.2, -0.15) is 0 Å². The fourth-order valence-electron chi connectivity index (χ4n) is 7.00. The highest BCUT2D eigenvalue weighted by Gasteiger charge is 2.50. The second-order valence-electron chi connectivity index (χ2n) is 18.0. The van der Waals surface area contributed by atoms with Crippen LogP contribution in [0.2, 0.25) is 137 Å². The maximum Gasteiger partial charge on any atom is 0.314 e. The first-order chi connectivity index (χ1) is 21.3. The summed E-state index contributed by atoms with van der Waals surface area (Å²) in [6.07, 6.45) is 1.89. The average Bonchev–Trinajstić information content (AvgIpc) is 2.69. The predicted molar refractivity (Wildman–Crippen MR) is 231 cm³/mol. The summed E-state index contributed by atoms with van der Waals surface area (Å²) in [5.74, 6) is 0. The van der Waals surface area contributed by atoms with Crippen LogP contribution in [-0.4, -0.2) is 85.1 Å². The standard InChI is InChI=1S/C30H72O9Si10/c1-24-29-25-26-30(27-28(29)2)41(6,7)32-43(10,11)34-45(14,15)36-47(18,19)38-49(22,23)39-48(20,21)37-46(16,17)35-44(12,13)33-42(8,9)31-40(3,4)5/h24-27H,1H2,2-23H3. The lowest BCUT2D eigenvalue weighted by molar-refractivity contribution is 0.257. The Morgan fingerprint density at radius 2 is 0.673 bits per heavy atom. The Kier molecular flexibility index (Phi) is 15.8. The minimum atomic E-state index is -2.69. The maximum atomic E-state index is 6.90. The molecule has 0 saturated heterocycles. The lowest BCUT2D eigenvalue weighted by Gasteiger charge is -2.44. The third-order valence-electron chi connectivity index (χ3n) is 6.68. The SMILES string of the molecule is C=Cc1ccc([Si](C)(C)O[Si](C)(C)O[Si](C)(C)O[Si](C)(C)O[Si](C)(C)O[Si](C)(C)O[Si](C)(C)O[Si](C)(C)O[Si](C)(C)O[Si](C)(C)C)cc1C. The number of hydrogen-bond acceptors (Lipinski definition) is 9. The van der Waals surface area contributed by atoms with Gasteiger partial charge in [-0.1, -0.05) is 30.9 Å². The molecule has 0 heterocycles. The zero-order valence-corrected chi connectivity index (χ0v) is 45.2. The van der Waals surface area contributed by atoms with Gasteiger partial charge in [0.2, 0.25) is 8.32 Å². The van der Waals surface area contributed by atoms with Gasteiger partial charge in [0, 0.05) is 0 Å². The second kappa shape index (κ2) is 16.2. The molecule has 0 spiro atoms. The molecule has 0 aliphatic heterocycles. The molecular formula is C30H72O9Si10. The summed E-state index contributed by atoms with van der Waals surface area (Å²) in [6, 6.07) is 6.53. The molecule has 0 amide bonds. The van der Waals surface area contributed by atoms with Crippen molar-refractivity contribution in [3.8, 4) is 0 Å². The molecular weight excluding hydrogens is 785 g/mol. The van der Waals surface area contributed by atoms with Gasteiger partial charge >= 0.3 is 68.5 Å². The van der Waals surface area contributed by atoms with Crippen molar-refractivity contribution >= 4 is 96.4 Å². The first kappa shape index (κ1) is 47.8. The van der Waals surface area contributed by atoms with Crippen molar-refractivity contribution in [2.45, 2.75) is 144 Å². The van der Waals surface area contributed by atoms with E-state index in [0.29, 0.717) is 0 Å². The minimum Gasteiger partial charge on any atom is -0.437 e. The van der Waals surface area contributed by atoms with E-state index in [1.807, 2.05) is 6.08 Å².